The second kappa shape index (κ2) is 7.31. The van der Waals surface area contributed by atoms with Gasteiger partial charge in [-0.1, -0.05) is 12.8 Å². The first-order valence-electron chi connectivity index (χ1n) is 10.7. The van der Waals surface area contributed by atoms with E-state index in [1.807, 2.05) is 12.4 Å². The fourth-order valence-electron chi connectivity index (χ4n) is 5.47. The number of aromatic nitrogens is 2. The molecule has 5 rings (SSSR count). The predicted octanol–water partition coefficient (Wildman–Crippen LogP) is 1.83. The SMILES string of the molecule is c1cnc(N2CCN3CCCC[C@@H]3C2)c(N2CCN3CCCC[C@@H]3C2)n1. The Morgan fingerprint density at radius 3 is 1.62 bits per heavy atom. The second-order valence-corrected chi connectivity index (χ2v) is 8.47. The molecule has 4 aliphatic heterocycles. The molecule has 1 aromatic heterocycles. The maximum absolute atomic E-state index is 4.81. The van der Waals surface area contributed by atoms with Gasteiger partial charge >= 0.3 is 0 Å². The third-order valence-electron chi connectivity index (χ3n) is 6.93. The van der Waals surface area contributed by atoms with E-state index in [0.717, 1.165) is 37.8 Å². The van der Waals surface area contributed by atoms with Gasteiger partial charge in [-0.3, -0.25) is 9.80 Å². The van der Waals surface area contributed by atoms with Crippen LogP contribution < -0.4 is 9.80 Å². The van der Waals surface area contributed by atoms with E-state index in [1.54, 1.807) is 0 Å². The Bertz CT molecular complexity index is 569. The standard InChI is InChI=1S/C20H32N6/c1-3-9-23-11-13-25(15-17(23)5-1)19-20(22-8-7-21-19)26-14-12-24-10-4-2-6-18(24)16-26/h7-8,17-18H,1-6,9-16H2/t17-,18-/m1/s1. The van der Waals surface area contributed by atoms with E-state index >= 15 is 0 Å². The lowest BCUT2D eigenvalue weighted by atomic mass is 9.99. The largest absolute Gasteiger partial charge is 0.351 e. The topological polar surface area (TPSA) is 38.7 Å². The molecular formula is C20H32N6. The molecule has 5 heterocycles. The van der Waals surface area contributed by atoms with Crippen LogP contribution in [-0.4, -0.2) is 84.2 Å². The van der Waals surface area contributed by atoms with Crippen molar-refractivity contribution in [2.75, 3.05) is 62.2 Å². The zero-order valence-electron chi connectivity index (χ0n) is 15.9. The maximum atomic E-state index is 4.81. The highest BCUT2D eigenvalue weighted by Crippen LogP contribution is 2.31. The van der Waals surface area contributed by atoms with Gasteiger partial charge in [0.15, 0.2) is 11.6 Å². The van der Waals surface area contributed by atoms with Crippen LogP contribution in [0.3, 0.4) is 0 Å². The van der Waals surface area contributed by atoms with E-state index in [0.29, 0.717) is 12.1 Å². The van der Waals surface area contributed by atoms with Crippen LogP contribution in [0.5, 0.6) is 0 Å². The summed E-state index contributed by atoms with van der Waals surface area (Å²) in [6.45, 7) is 9.35. The van der Waals surface area contributed by atoms with Gasteiger partial charge in [0.2, 0.25) is 0 Å². The number of nitrogens with zero attached hydrogens (tertiary/aromatic N) is 6. The van der Waals surface area contributed by atoms with Crippen LogP contribution >= 0.6 is 0 Å². The van der Waals surface area contributed by atoms with Crippen LogP contribution in [0.15, 0.2) is 12.4 Å². The Morgan fingerprint density at radius 2 is 1.12 bits per heavy atom. The quantitative estimate of drug-likeness (QED) is 0.805. The van der Waals surface area contributed by atoms with Gasteiger partial charge in [0.1, 0.15) is 0 Å². The minimum absolute atomic E-state index is 0.711. The Balaban J connectivity index is 1.34. The van der Waals surface area contributed by atoms with Crippen LogP contribution in [-0.2, 0) is 0 Å². The second-order valence-electron chi connectivity index (χ2n) is 8.47. The molecular weight excluding hydrogens is 324 g/mol. The number of hydrogen-bond acceptors (Lipinski definition) is 6. The molecule has 0 N–H and O–H groups in total. The van der Waals surface area contributed by atoms with Crippen molar-refractivity contribution in [1.82, 2.24) is 19.8 Å². The average molecular weight is 357 g/mol. The van der Waals surface area contributed by atoms with Gasteiger partial charge in [0.25, 0.3) is 0 Å². The highest BCUT2D eigenvalue weighted by atomic mass is 15.4. The van der Waals surface area contributed by atoms with Crippen LogP contribution in [0.2, 0.25) is 0 Å². The van der Waals surface area contributed by atoms with E-state index in [9.17, 15) is 0 Å². The van der Waals surface area contributed by atoms with Crippen LogP contribution in [0.4, 0.5) is 11.6 Å². The Kier molecular flexibility index (Phi) is 4.71. The van der Waals surface area contributed by atoms with Crippen molar-refractivity contribution in [1.29, 1.82) is 0 Å². The summed E-state index contributed by atoms with van der Waals surface area (Å²) >= 11 is 0. The van der Waals surface area contributed by atoms with E-state index in [1.165, 1.54) is 64.7 Å². The van der Waals surface area contributed by atoms with E-state index < -0.39 is 0 Å². The molecule has 0 aromatic carbocycles. The number of rotatable bonds is 2. The van der Waals surface area contributed by atoms with Crippen molar-refractivity contribution in [3.63, 3.8) is 0 Å². The zero-order chi connectivity index (χ0) is 17.3. The van der Waals surface area contributed by atoms with Crippen LogP contribution in [0, 0.1) is 0 Å². The molecule has 6 heteroatoms. The van der Waals surface area contributed by atoms with E-state index in [-0.39, 0.29) is 0 Å². The Labute approximate surface area is 157 Å². The van der Waals surface area contributed by atoms with Crippen molar-refractivity contribution in [2.45, 2.75) is 50.6 Å². The fourth-order valence-corrected chi connectivity index (χ4v) is 5.47. The third kappa shape index (κ3) is 3.18. The number of hydrogen-bond donors (Lipinski definition) is 0. The summed E-state index contributed by atoms with van der Waals surface area (Å²) in [6, 6.07) is 1.42. The smallest absolute Gasteiger partial charge is 0.172 e. The molecule has 0 unspecified atom stereocenters. The number of piperazine rings is 2. The normalized spacial score (nSPS) is 30.8. The first-order valence-corrected chi connectivity index (χ1v) is 10.7. The number of anilines is 2. The summed E-state index contributed by atoms with van der Waals surface area (Å²) in [7, 11) is 0. The summed E-state index contributed by atoms with van der Waals surface area (Å²) in [6.07, 6.45) is 11.9. The Hall–Kier alpha value is -1.40. The molecule has 6 nitrogen and oxygen atoms in total. The van der Waals surface area contributed by atoms with Gasteiger partial charge in [-0.15, -0.1) is 0 Å². The maximum Gasteiger partial charge on any atom is 0.172 e. The lowest BCUT2D eigenvalue weighted by molar-refractivity contribution is 0.131. The lowest BCUT2D eigenvalue weighted by Gasteiger charge is -2.47. The van der Waals surface area contributed by atoms with Gasteiger partial charge in [-0.05, 0) is 38.8 Å². The van der Waals surface area contributed by atoms with Gasteiger partial charge in [-0.25, -0.2) is 9.97 Å². The summed E-state index contributed by atoms with van der Waals surface area (Å²) in [5.41, 5.74) is 0. The molecule has 0 bridgehead atoms. The molecule has 0 radical (unpaired) electrons. The van der Waals surface area contributed by atoms with Crippen molar-refractivity contribution in [2.24, 2.45) is 0 Å². The van der Waals surface area contributed by atoms with Crippen molar-refractivity contribution in [3.05, 3.63) is 12.4 Å². The minimum atomic E-state index is 0.711. The van der Waals surface area contributed by atoms with Crippen molar-refractivity contribution in [3.8, 4) is 0 Å². The highest BCUT2D eigenvalue weighted by Gasteiger charge is 2.34. The summed E-state index contributed by atoms with van der Waals surface area (Å²) in [5, 5.41) is 0. The van der Waals surface area contributed by atoms with Gasteiger partial charge in [0, 0.05) is 63.7 Å². The van der Waals surface area contributed by atoms with Gasteiger partial charge in [0.05, 0.1) is 0 Å². The Morgan fingerprint density at radius 1 is 0.615 bits per heavy atom. The van der Waals surface area contributed by atoms with Crippen molar-refractivity contribution >= 4 is 11.6 Å². The molecule has 0 spiro atoms. The summed E-state index contributed by atoms with van der Waals surface area (Å²) < 4.78 is 0. The van der Waals surface area contributed by atoms with Crippen LogP contribution in [0.25, 0.3) is 0 Å². The molecule has 4 aliphatic rings. The van der Waals surface area contributed by atoms with E-state index in [2.05, 4.69) is 19.6 Å². The third-order valence-corrected chi connectivity index (χ3v) is 6.93. The number of piperidine rings is 2. The molecule has 4 fully saturated rings. The van der Waals surface area contributed by atoms with Crippen LogP contribution in [0.1, 0.15) is 38.5 Å². The zero-order valence-corrected chi connectivity index (χ0v) is 15.9. The molecule has 142 valence electrons. The average Bonchev–Trinajstić information content (AvgIpc) is 2.73. The first-order chi connectivity index (χ1) is 12.9. The predicted molar refractivity (Wildman–Crippen MR) is 105 cm³/mol. The van der Waals surface area contributed by atoms with Gasteiger partial charge < -0.3 is 9.80 Å². The first kappa shape index (κ1) is 16.8. The number of fused-ring (bicyclic) bond motifs is 2. The molecule has 0 amide bonds. The fraction of sp³-hybridized carbons (Fsp3) is 0.800. The molecule has 1 aromatic rings. The monoisotopic (exact) mass is 356 g/mol. The van der Waals surface area contributed by atoms with E-state index in [4.69, 9.17) is 9.97 Å². The molecule has 0 saturated carbocycles. The van der Waals surface area contributed by atoms with Gasteiger partial charge in [-0.2, -0.15) is 0 Å². The molecule has 0 aliphatic carbocycles. The molecule has 26 heavy (non-hydrogen) atoms. The lowest BCUT2D eigenvalue weighted by Crippen LogP contribution is -2.57. The summed E-state index contributed by atoms with van der Waals surface area (Å²) in [5.74, 6) is 2.25. The van der Waals surface area contributed by atoms with Crippen molar-refractivity contribution < 1.29 is 0 Å². The molecule has 4 saturated heterocycles. The minimum Gasteiger partial charge on any atom is -0.351 e. The summed E-state index contributed by atoms with van der Waals surface area (Å²) in [4.78, 5) is 20.0. The highest BCUT2D eigenvalue weighted by molar-refractivity contribution is 5.63. The molecule has 2 atom stereocenters.